The van der Waals surface area contributed by atoms with Crippen molar-refractivity contribution in [3.8, 4) is 0 Å². The Hall–Kier alpha value is -1.26. The highest BCUT2D eigenvalue weighted by molar-refractivity contribution is 7.86. The van der Waals surface area contributed by atoms with E-state index in [1.807, 2.05) is 57.2 Å². The Morgan fingerprint density at radius 2 is 1.85 bits per heavy atom. The zero-order chi connectivity index (χ0) is 14.5. The lowest BCUT2D eigenvalue weighted by Crippen LogP contribution is -2.52. The van der Waals surface area contributed by atoms with Gasteiger partial charge in [0.05, 0.1) is 22.8 Å². The first-order chi connectivity index (χ1) is 9.45. The van der Waals surface area contributed by atoms with Gasteiger partial charge in [-0.25, -0.2) is 0 Å². The van der Waals surface area contributed by atoms with Gasteiger partial charge < -0.3 is 4.74 Å². The van der Waals surface area contributed by atoms with Crippen molar-refractivity contribution in [2.24, 2.45) is 11.8 Å². The van der Waals surface area contributed by atoms with Gasteiger partial charge >= 0.3 is 0 Å². The fourth-order valence-electron chi connectivity index (χ4n) is 2.90. The molecule has 106 valence electrons. The summed E-state index contributed by atoms with van der Waals surface area (Å²) in [6.07, 6.45) is 3.48. The summed E-state index contributed by atoms with van der Waals surface area (Å²) >= 11 is 0. The van der Waals surface area contributed by atoms with E-state index in [1.165, 1.54) is 0 Å². The number of carbonyl (C=O) groups is 1. The molecule has 1 aromatic rings. The minimum atomic E-state index is -1.39. The van der Waals surface area contributed by atoms with Crippen LogP contribution >= 0.6 is 0 Å². The van der Waals surface area contributed by atoms with Crippen molar-refractivity contribution in [3.63, 3.8) is 0 Å². The van der Waals surface area contributed by atoms with Gasteiger partial charge in [0.15, 0.2) is 4.93 Å². The lowest BCUT2D eigenvalue weighted by atomic mass is 9.87. The molecule has 0 N–H and O–H groups in total. The van der Waals surface area contributed by atoms with Crippen LogP contribution in [-0.4, -0.2) is 21.0 Å². The fraction of sp³-hybridized carbons (Fsp3) is 0.438. The SMILES string of the molecule is Cc1ccc(S(=O)[C@@]23C=C[C@H](O2)[C@H](C)C(=O)[C@@H]3C)cc1. The molecule has 0 amide bonds. The lowest BCUT2D eigenvalue weighted by Gasteiger charge is -2.39. The summed E-state index contributed by atoms with van der Waals surface area (Å²) in [5.41, 5.74) is 1.12. The van der Waals surface area contributed by atoms with E-state index in [0.29, 0.717) is 4.90 Å². The van der Waals surface area contributed by atoms with E-state index in [9.17, 15) is 9.00 Å². The van der Waals surface area contributed by atoms with Gasteiger partial charge in [0, 0.05) is 10.8 Å². The van der Waals surface area contributed by atoms with E-state index in [1.54, 1.807) is 0 Å². The molecule has 5 atom stereocenters. The molecule has 2 heterocycles. The van der Waals surface area contributed by atoms with Gasteiger partial charge in [0.1, 0.15) is 5.78 Å². The average molecular weight is 290 g/mol. The number of ketones is 1. The Labute approximate surface area is 121 Å². The molecule has 1 fully saturated rings. The Bertz CT molecular complexity index is 605. The van der Waals surface area contributed by atoms with Crippen LogP contribution in [0.4, 0.5) is 0 Å². The summed E-state index contributed by atoms with van der Waals surface area (Å²) in [6.45, 7) is 5.68. The number of ether oxygens (including phenoxy) is 1. The van der Waals surface area contributed by atoms with Crippen LogP contribution in [0.15, 0.2) is 41.3 Å². The summed E-state index contributed by atoms with van der Waals surface area (Å²) in [5, 5.41) is 0. The highest BCUT2D eigenvalue weighted by atomic mass is 32.2. The second kappa shape index (κ2) is 4.64. The van der Waals surface area contributed by atoms with E-state index in [4.69, 9.17) is 4.74 Å². The van der Waals surface area contributed by atoms with Crippen LogP contribution in [0, 0.1) is 18.8 Å². The predicted octanol–water partition coefficient (Wildman–Crippen LogP) is 2.61. The minimum Gasteiger partial charge on any atom is -0.349 e. The van der Waals surface area contributed by atoms with Crippen molar-refractivity contribution >= 4 is 16.6 Å². The summed E-state index contributed by atoms with van der Waals surface area (Å²) in [4.78, 5) is 12.0. The third-order valence-electron chi connectivity index (χ3n) is 4.34. The number of Topliss-reactive ketones (excluding diaryl/α,β-unsaturated/α-hetero) is 1. The first-order valence-electron chi connectivity index (χ1n) is 6.85. The van der Waals surface area contributed by atoms with Crippen LogP contribution in [0.25, 0.3) is 0 Å². The van der Waals surface area contributed by atoms with Crippen molar-refractivity contribution in [2.45, 2.75) is 36.7 Å². The van der Waals surface area contributed by atoms with Crippen molar-refractivity contribution in [1.29, 1.82) is 0 Å². The van der Waals surface area contributed by atoms with Gasteiger partial charge in [0.25, 0.3) is 0 Å². The van der Waals surface area contributed by atoms with Gasteiger partial charge in [-0.05, 0) is 25.1 Å². The van der Waals surface area contributed by atoms with Gasteiger partial charge in [-0.1, -0.05) is 37.6 Å². The normalized spacial score (nSPS) is 37.1. The fourth-order valence-corrected chi connectivity index (χ4v) is 4.49. The van der Waals surface area contributed by atoms with Crippen molar-refractivity contribution < 1.29 is 13.7 Å². The zero-order valence-corrected chi connectivity index (χ0v) is 12.6. The van der Waals surface area contributed by atoms with E-state index < -0.39 is 21.7 Å². The summed E-state index contributed by atoms with van der Waals surface area (Å²) in [5.74, 6) is -0.423. The molecule has 2 aliphatic rings. The molecule has 1 aromatic carbocycles. The maximum atomic E-state index is 12.9. The first-order valence-corrected chi connectivity index (χ1v) is 8.00. The molecule has 2 aliphatic heterocycles. The first kappa shape index (κ1) is 13.7. The standard InChI is InChI=1S/C16H18O3S/c1-10-4-6-13(7-5-10)20(18)16-9-8-14(19-16)11(2)15(17)12(16)3/h4-9,11-12,14H,1-3H3/t11-,12-,14-,16+,20?/m0/s1. The molecule has 20 heavy (non-hydrogen) atoms. The van der Waals surface area contributed by atoms with Crippen molar-refractivity contribution in [2.75, 3.05) is 0 Å². The Morgan fingerprint density at radius 3 is 2.50 bits per heavy atom. The second-order valence-corrected chi connectivity index (χ2v) is 7.30. The van der Waals surface area contributed by atoms with E-state index in [0.717, 1.165) is 5.56 Å². The van der Waals surface area contributed by atoms with Gasteiger partial charge in [-0.3, -0.25) is 9.00 Å². The van der Waals surface area contributed by atoms with Crippen LogP contribution in [0.1, 0.15) is 19.4 Å². The molecule has 1 unspecified atom stereocenters. The Kier molecular flexibility index (Phi) is 3.18. The van der Waals surface area contributed by atoms with E-state index >= 15 is 0 Å². The maximum Gasteiger partial charge on any atom is 0.176 e. The van der Waals surface area contributed by atoms with Crippen LogP contribution < -0.4 is 0 Å². The maximum absolute atomic E-state index is 12.9. The van der Waals surface area contributed by atoms with Crippen LogP contribution in [0.2, 0.25) is 0 Å². The molecular formula is C16H18O3S. The molecule has 4 heteroatoms. The van der Waals surface area contributed by atoms with E-state index in [2.05, 4.69) is 0 Å². The number of hydrogen-bond acceptors (Lipinski definition) is 3. The molecule has 1 saturated heterocycles. The monoisotopic (exact) mass is 290 g/mol. The summed E-state index contributed by atoms with van der Waals surface area (Å²) in [6, 6.07) is 7.55. The third kappa shape index (κ3) is 1.82. The molecular weight excluding hydrogens is 272 g/mol. The predicted molar refractivity (Wildman–Crippen MR) is 77.7 cm³/mol. The lowest BCUT2D eigenvalue weighted by molar-refractivity contribution is -0.146. The number of benzene rings is 1. The number of rotatable bonds is 2. The van der Waals surface area contributed by atoms with Gasteiger partial charge in [0.2, 0.25) is 0 Å². The van der Waals surface area contributed by atoms with Gasteiger partial charge in [-0.2, -0.15) is 0 Å². The van der Waals surface area contributed by atoms with Crippen LogP contribution in [0.5, 0.6) is 0 Å². The number of carbonyl (C=O) groups excluding carboxylic acids is 1. The zero-order valence-electron chi connectivity index (χ0n) is 11.8. The highest BCUT2D eigenvalue weighted by Crippen LogP contribution is 2.45. The molecule has 2 bridgehead atoms. The quantitative estimate of drug-likeness (QED) is 0.786. The molecule has 0 saturated carbocycles. The Morgan fingerprint density at radius 1 is 1.20 bits per heavy atom. The second-order valence-electron chi connectivity index (χ2n) is 5.66. The molecule has 0 aromatic heterocycles. The highest BCUT2D eigenvalue weighted by Gasteiger charge is 2.56. The van der Waals surface area contributed by atoms with Crippen LogP contribution in [0.3, 0.4) is 0 Å². The number of fused-ring (bicyclic) bond motifs is 2. The molecule has 3 nitrogen and oxygen atoms in total. The van der Waals surface area contributed by atoms with Gasteiger partial charge in [-0.15, -0.1) is 0 Å². The van der Waals surface area contributed by atoms with E-state index in [-0.39, 0.29) is 17.8 Å². The Balaban J connectivity index is 2.00. The summed E-state index contributed by atoms with van der Waals surface area (Å²) < 4.78 is 18.9. The molecule has 0 radical (unpaired) electrons. The molecule has 3 rings (SSSR count). The smallest absolute Gasteiger partial charge is 0.176 e. The molecule has 0 spiro atoms. The molecule has 0 aliphatic carbocycles. The number of aryl methyl sites for hydroxylation is 1. The minimum absolute atomic E-state index is 0.131. The van der Waals surface area contributed by atoms with Crippen molar-refractivity contribution in [1.82, 2.24) is 0 Å². The third-order valence-corrected chi connectivity index (χ3v) is 6.20. The van der Waals surface area contributed by atoms with Crippen LogP contribution in [-0.2, 0) is 20.3 Å². The summed E-state index contributed by atoms with van der Waals surface area (Å²) in [7, 11) is -1.39. The van der Waals surface area contributed by atoms with Crippen molar-refractivity contribution in [3.05, 3.63) is 42.0 Å². The largest absolute Gasteiger partial charge is 0.349 e. The topological polar surface area (TPSA) is 43.4 Å². The average Bonchev–Trinajstić information content (AvgIpc) is 2.87. The number of hydrogen-bond donors (Lipinski definition) is 0.